The molecule has 1 nitrogen and oxygen atoms in total. The lowest BCUT2D eigenvalue weighted by Gasteiger charge is -2.30. The zero-order chi connectivity index (χ0) is 12.5. The Hall–Kier alpha value is -0.630. The highest BCUT2D eigenvalue weighted by Crippen LogP contribution is 2.40. The normalized spacial score (nSPS) is 31.9. The maximum Gasteiger partial charge on any atom is 0.143 e. The summed E-state index contributed by atoms with van der Waals surface area (Å²) in [4.78, 5) is 14.2. The minimum Gasteiger partial charge on any atom is -0.299 e. The molecular formula is C16H22OS. The highest BCUT2D eigenvalue weighted by Gasteiger charge is 2.33. The first kappa shape index (κ1) is 12.4. The lowest BCUT2D eigenvalue weighted by atomic mass is 9.74. The molecule has 0 aromatic carbocycles. The Labute approximate surface area is 114 Å². The van der Waals surface area contributed by atoms with Gasteiger partial charge in [0, 0.05) is 16.7 Å². The fourth-order valence-corrected chi connectivity index (χ4v) is 4.60. The second kappa shape index (κ2) is 5.16. The van der Waals surface area contributed by atoms with Crippen molar-refractivity contribution in [3.63, 3.8) is 0 Å². The molecule has 0 spiro atoms. The van der Waals surface area contributed by atoms with Gasteiger partial charge in [0.25, 0.3) is 0 Å². The number of thiophene rings is 1. The van der Waals surface area contributed by atoms with Crippen LogP contribution in [0.5, 0.6) is 0 Å². The van der Waals surface area contributed by atoms with Crippen LogP contribution in [0, 0.1) is 11.8 Å². The summed E-state index contributed by atoms with van der Waals surface area (Å²) in [6.07, 6.45) is 8.26. The molecule has 1 aromatic rings. The van der Waals surface area contributed by atoms with E-state index in [4.69, 9.17) is 0 Å². The molecule has 1 atom stereocenters. The maximum atomic E-state index is 12.7. The van der Waals surface area contributed by atoms with Gasteiger partial charge in [-0.3, -0.25) is 4.79 Å². The van der Waals surface area contributed by atoms with Gasteiger partial charge in [-0.2, -0.15) is 0 Å². The molecule has 98 valence electrons. The van der Waals surface area contributed by atoms with Gasteiger partial charge < -0.3 is 0 Å². The summed E-state index contributed by atoms with van der Waals surface area (Å²) in [7, 11) is 0. The number of carbonyl (C=O) groups is 1. The number of Topliss-reactive ketones (excluding diaryl/α,β-unsaturated/α-hetero) is 1. The Bertz CT molecular complexity index is 426. The second-order valence-electron chi connectivity index (χ2n) is 6.10. The van der Waals surface area contributed by atoms with Gasteiger partial charge >= 0.3 is 0 Å². The van der Waals surface area contributed by atoms with Crippen molar-refractivity contribution in [2.75, 3.05) is 0 Å². The van der Waals surface area contributed by atoms with Crippen molar-refractivity contribution in [3.8, 4) is 0 Å². The number of ketones is 1. The lowest BCUT2D eigenvalue weighted by Crippen LogP contribution is -2.27. The summed E-state index contributed by atoms with van der Waals surface area (Å²) < 4.78 is 0. The molecule has 2 heteroatoms. The largest absolute Gasteiger partial charge is 0.299 e. The van der Waals surface area contributed by atoms with Crippen LogP contribution in [0.15, 0.2) is 11.4 Å². The number of hydrogen-bond donors (Lipinski definition) is 0. The zero-order valence-corrected chi connectivity index (χ0v) is 12.0. The van der Waals surface area contributed by atoms with Crippen LogP contribution >= 0.6 is 11.3 Å². The van der Waals surface area contributed by atoms with Crippen molar-refractivity contribution < 1.29 is 4.79 Å². The molecule has 1 unspecified atom stereocenters. The molecule has 1 fully saturated rings. The van der Waals surface area contributed by atoms with Gasteiger partial charge in [0.1, 0.15) is 5.78 Å². The summed E-state index contributed by atoms with van der Waals surface area (Å²) in [5.41, 5.74) is 1.37. The van der Waals surface area contributed by atoms with Crippen molar-refractivity contribution in [2.45, 2.75) is 57.8 Å². The molecule has 0 saturated heterocycles. The molecule has 1 aromatic heterocycles. The smallest absolute Gasteiger partial charge is 0.143 e. The third kappa shape index (κ3) is 2.27. The van der Waals surface area contributed by atoms with Gasteiger partial charge in [-0.15, -0.1) is 11.3 Å². The third-order valence-corrected chi connectivity index (χ3v) is 5.81. The van der Waals surface area contributed by atoms with Gasteiger partial charge in [0.2, 0.25) is 0 Å². The summed E-state index contributed by atoms with van der Waals surface area (Å²) in [6.45, 7) is 2.32. The fourth-order valence-electron chi connectivity index (χ4n) is 3.61. The van der Waals surface area contributed by atoms with E-state index in [-0.39, 0.29) is 5.92 Å². The molecule has 0 radical (unpaired) electrons. The van der Waals surface area contributed by atoms with Gasteiger partial charge in [-0.05, 0) is 55.0 Å². The summed E-state index contributed by atoms with van der Waals surface area (Å²) in [5, 5.41) is 2.17. The average molecular weight is 262 g/mol. The van der Waals surface area contributed by atoms with Crippen molar-refractivity contribution in [2.24, 2.45) is 11.8 Å². The monoisotopic (exact) mass is 262 g/mol. The Balaban J connectivity index is 1.74. The Morgan fingerprint density at radius 1 is 1.22 bits per heavy atom. The molecule has 2 aliphatic carbocycles. The van der Waals surface area contributed by atoms with E-state index in [2.05, 4.69) is 18.4 Å². The molecule has 0 N–H and O–H groups in total. The van der Waals surface area contributed by atoms with Crippen LogP contribution in [0.1, 0.15) is 61.8 Å². The maximum absolute atomic E-state index is 12.7. The van der Waals surface area contributed by atoms with Crippen LogP contribution < -0.4 is 0 Å². The molecule has 1 heterocycles. The Morgan fingerprint density at radius 3 is 2.78 bits per heavy atom. The first-order chi connectivity index (χ1) is 8.75. The van der Waals surface area contributed by atoms with E-state index < -0.39 is 0 Å². The molecule has 0 aliphatic heterocycles. The molecule has 3 rings (SSSR count). The van der Waals surface area contributed by atoms with Crippen LogP contribution in [-0.2, 0) is 11.2 Å². The van der Waals surface area contributed by atoms with Crippen molar-refractivity contribution >= 4 is 17.1 Å². The first-order valence-corrected chi connectivity index (χ1v) is 8.23. The number of carbonyl (C=O) groups excluding carboxylic acids is 1. The SMILES string of the molecule is CC1CCC(C(=O)C2CCCc3sccc32)CC1. The number of aryl methyl sites for hydroxylation is 1. The van der Waals surface area contributed by atoms with Crippen LogP contribution in [0.25, 0.3) is 0 Å². The zero-order valence-electron chi connectivity index (χ0n) is 11.2. The predicted molar refractivity (Wildman–Crippen MR) is 76.1 cm³/mol. The number of fused-ring (bicyclic) bond motifs is 1. The fraction of sp³-hybridized carbons (Fsp3) is 0.688. The van der Waals surface area contributed by atoms with E-state index in [0.717, 1.165) is 25.2 Å². The average Bonchev–Trinajstić information content (AvgIpc) is 2.87. The Kier molecular flexibility index (Phi) is 3.56. The molecule has 0 amide bonds. The lowest BCUT2D eigenvalue weighted by molar-refractivity contribution is -0.125. The van der Waals surface area contributed by atoms with Gasteiger partial charge in [0.15, 0.2) is 0 Å². The minimum atomic E-state index is 0.235. The number of hydrogen-bond acceptors (Lipinski definition) is 2. The highest BCUT2D eigenvalue weighted by atomic mass is 32.1. The molecular weight excluding hydrogens is 240 g/mol. The molecule has 1 saturated carbocycles. The first-order valence-electron chi connectivity index (χ1n) is 7.35. The highest BCUT2D eigenvalue weighted by molar-refractivity contribution is 7.10. The van der Waals surface area contributed by atoms with Crippen LogP contribution in [-0.4, -0.2) is 5.78 Å². The summed E-state index contributed by atoms with van der Waals surface area (Å²) in [6, 6.07) is 2.20. The van der Waals surface area contributed by atoms with Crippen LogP contribution in [0.3, 0.4) is 0 Å². The standard InChI is InChI=1S/C16H22OS/c1-11-5-7-12(8-6-11)16(17)14-3-2-4-15-13(14)9-10-18-15/h9-12,14H,2-8H2,1H3. The van der Waals surface area contributed by atoms with E-state index in [1.54, 1.807) is 0 Å². The molecule has 18 heavy (non-hydrogen) atoms. The van der Waals surface area contributed by atoms with Crippen molar-refractivity contribution in [1.29, 1.82) is 0 Å². The van der Waals surface area contributed by atoms with Gasteiger partial charge in [-0.25, -0.2) is 0 Å². The summed E-state index contributed by atoms with van der Waals surface area (Å²) >= 11 is 1.84. The van der Waals surface area contributed by atoms with Crippen molar-refractivity contribution in [1.82, 2.24) is 0 Å². The third-order valence-electron chi connectivity index (χ3n) is 4.81. The van der Waals surface area contributed by atoms with Gasteiger partial charge in [0.05, 0.1) is 0 Å². The quantitative estimate of drug-likeness (QED) is 0.763. The van der Waals surface area contributed by atoms with Crippen LogP contribution in [0.4, 0.5) is 0 Å². The topological polar surface area (TPSA) is 17.1 Å². The minimum absolute atomic E-state index is 0.235. The van der Waals surface area contributed by atoms with E-state index >= 15 is 0 Å². The predicted octanol–water partition coefficient (Wildman–Crippen LogP) is 4.56. The van der Waals surface area contributed by atoms with E-state index in [1.165, 1.54) is 36.1 Å². The van der Waals surface area contributed by atoms with Crippen LogP contribution in [0.2, 0.25) is 0 Å². The van der Waals surface area contributed by atoms with Crippen molar-refractivity contribution in [3.05, 3.63) is 21.9 Å². The van der Waals surface area contributed by atoms with E-state index in [0.29, 0.717) is 11.7 Å². The Morgan fingerprint density at radius 2 is 2.00 bits per heavy atom. The molecule has 0 bridgehead atoms. The van der Waals surface area contributed by atoms with E-state index in [1.807, 2.05) is 11.3 Å². The number of rotatable bonds is 2. The van der Waals surface area contributed by atoms with E-state index in [9.17, 15) is 4.79 Å². The second-order valence-corrected chi connectivity index (χ2v) is 7.10. The molecule has 2 aliphatic rings. The summed E-state index contributed by atoms with van der Waals surface area (Å²) in [5.74, 6) is 1.98. The van der Waals surface area contributed by atoms with Gasteiger partial charge in [-0.1, -0.05) is 19.8 Å².